The normalized spacial score (nSPS) is 22.9. The van der Waals surface area contributed by atoms with Crippen LogP contribution >= 0.6 is 0 Å². The van der Waals surface area contributed by atoms with Gasteiger partial charge in [-0.05, 0) is 76.6 Å². The molecule has 0 spiro atoms. The molecule has 5 nitrogen and oxygen atoms in total. The van der Waals surface area contributed by atoms with Gasteiger partial charge in [0.25, 0.3) is 0 Å². The van der Waals surface area contributed by atoms with E-state index in [1.165, 1.54) is 12.1 Å². The fraction of sp³-hybridized carbons (Fsp3) is 0.667. The Morgan fingerprint density at radius 1 is 1.12 bits per heavy atom. The molecule has 2 aliphatic rings. The lowest BCUT2D eigenvalue weighted by atomic mass is 9.83. The minimum Gasteiger partial charge on any atom is -0.369 e. The van der Waals surface area contributed by atoms with Crippen LogP contribution in [0, 0.1) is 22.7 Å². The number of alkyl halides is 3. The molecule has 2 fully saturated rings. The number of rotatable bonds is 6. The summed E-state index contributed by atoms with van der Waals surface area (Å²) in [5.41, 5.74) is -0.951. The van der Waals surface area contributed by atoms with Crippen molar-refractivity contribution in [3.8, 4) is 6.07 Å². The van der Waals surface area contributed by atoms with E-state index in [1.807, 2.05) is 11.0 Å². The first-order valence-electron chi connectivity index (χ1n) is 11.5. The van der Waals surface area contributed by atoms with Crippen molar-refractivity contribution in [3.05, 3.63) is 29.8 Å². The van der Waals surface area contributed by atoms with E-state index < -0.39 is 17.2 Å². The number of halogens is 3. The Bertz CT molecular complexity index is 817. The highest BCUT2D eigenvalue weighted by Crippen LogP contribution is 2.32. The van der Waals surface area contributed by atoms with Crippen LogP contribution in [-0.4, -0.2) is 49.6 Å². The number of carbonyl (C=O) groups excluding carboxylic acids is 1. The molecule has 3 rings (SSSR count). The van der Waals surface area contributed by atoms with Crippen molar-refractivity contribution in [2.24, 2.45) is 11.3 Å². The summed E-state index contributed by atoms with van der Waals surface area (Å²) in [6.45, 7) is 7.44. The number of hydrogen-bond acceptors (Lipinski definition) is 4. The fourth-order valence-electron chi connectivity index (χ4n) is 4.49. The third-order valence-electron chi connectivity index (χ3n) is 6.79. The van der Waals surface area contributed by atoms with Crippen LogP contribution in [0.3, 0.4) is 0 Å². The topological polar surface area (TPSA) is 59.4 Å². The SMILES string of the molecule is CC(C)(C#N)C(=O)N[C@H]1CC[C@H](CCN2CCN(c3cccc(C(F)(F)F)c3)CC2)CC1. The number of nitrogens with zero attached hydrogens (tertiary/aromatic N) is 3. The van der Waals surface area contributed by atoms with Crippen LogP contribution in [0.1, 0.15) is 51.5 Å². The highest BCUT2D eigenvalue weighted by atomic mass is 19.4. The Morgan fingerprint density at radius 3 is 2.38 bits per heavy atom. The second-order valence-corrected chi connectivity index (χ2v) is 9.59. The number of anilines is 1. The van der Waals surface area contributed by atoms with E-state index in [1.54, 1.807) is 19.9 Å². The van der Waals surface area contributed by atoms with Gasteiger partial charge in [-0.15, -0.1) is 0 Å². The summed E-state index contributed by atoms with van der Waals surface area (Å²) in [4.78, 5) is 16.6. The van der Waals surface area contributed by atoms with Crippen LogP contribution in [-0.2, 0) is 11.0 Å². The van der Waals surface area contributed by atoms with E-state index in [-0.39, 0.29) is 11.9 Å². The summed E-state index contributed by atoms with van der Waals surface area (Å²) in [7, 11) is 0. The number of nitrogens with one attached hydrogen (secondary N) is 1. The average Bonchev–Trinajstić information content (AvgIpc) is 2.78. The molecule has 1 aliphatic heterocycles. The number of amides is 1. The van der Waals surface area contributed by atoms with E-state index >= 15 is 0 Å². The average molecular weight is 451 g/mol. The molecule has 1 aromatic rings. The Labute approximate surface area is 188 Å². The maximum atomic E-state index is 13.0. The molecule has 1 saturated heterocycles. The largest absolute Gasteiger partial charge is 0.416 e. The molecule has 0 bridgehead atoms. The van der Waals surface area contributed by atoms with Gasteiger partial charge in [0.2, 0.25) is 5.91 Å². The van der Waals surface area contributed by atoms with E-state index in [2.05, 4.69) is 10.2 Å². The third kappa shape index (κ3) is 6.38. The van der Waals surface area contributed by atoms with Gasteiger partial charge >= 0.3 is 6.18 Å². The van der Waals surface area contributed by atoms with Crippen LogP contribution in [0.2, 0.25) is 0 Å². The molecule has 176 valence electrons. The van der Waals surface area contributed by atoms with Crippen molar-refractivity contribution in [2.45, 2.75) is 58.2 Å². The minimum atomic E-state index is -4.31. The van der Waals surface area contributed by atoms with Crippen molar-refractivity contribution in [3.63, 3.8) is 0 Å². The molecule has 32 heavy (non-hydrogen) atoms. The summed E-state index contributed by atoms with van der Waals surface area (Å²) < 4.78 is 38.9. The predicted octanol–water partition coefficient (Wildman–Crippen LogP) is 4.44. The predicted molar refractivity (Wildman–Crippen MR) is 118 cm³/mol. The van der Waals surface area contributed by atoms with Crippen molar-refractivity contribution in [1.29, 1.82) is 5.26 Å². The second-order valence-electron chi connectivity index (χ2n) is 9.59. The van der Waals surface area contributed by atoms with E-state index in [0.29, 0.717) is 11.6 Å². The molecule has 0 radical (unpaired) electrons. The smallest absolute Gasteiger partial charge is 0.369 e. The molecular formula is C24H33F3N4O. The molecule has 1 saturated carbocycles. The molecule has 0 unspecified atom stereocenters. The molecule has 1 aliphatic carbocycles. The first-order chi connectivity index (χ1) is 15.1. The number of carbonyl (C=O) groups is 1. The zero-order chi connectivity index (χ0) is 23.4. The summed E-state index contributed by atoms with van der Waals surface area (Å²) >= 11 is 0. The Balaban J connectivity index is 1.37. The maximum absolute atomic E-state index is 13.0. The molecule has 0 aromatic heterocycles. The van der Waals surface area contributed by atoms with Crippen LogP contribution < -0.4 is 10.2 Å². The lowest BCUT2D eigenvalue weighted by molar-refractivity contribution is -0.137. The number of nitriles is 1. The zero-order valence-electron chi connectivity index (χ0n) is 18.9. The first kappa shape index (κ1) is 24.4. The molecule has 8 heteroatoms. The van der Waals surface area contributed by atoms with Crippen molar-refractivity contribution >= 4 is 11.6 Å². The van der Waals surface area contributed by atoms with Gasteiger partial charge in [-0.2, -0.15) is 18.4 Å². The molecular weight excluding hydrogens is 417 g/mol. The third-order valence-corrected chi connectivity index (χ3v) is 6.79. The summed E-state index contributed by atoms with van der Waals surface area (Å²) in [5, 5.41) is 12.1. The second kappa shape index (κ2) is 10.1. The summed E-state index contributed by atoms with van der Waals surface area (Å²) in [5.74, 6) is 0.440. The van der Waals surface area contributed by atoms with Crippen molar-refractivity contribution < 1.29 is 18.0 Å². The Morgan fingerprint density at radius 2 is 1.78 bits per heavy atom. The van der Waals surface area contributed by atoms with E-state index in [9.17, 15) is 18.0 Å². The van der Waals surface area contributed by atoms with Gasteiger partial charge in [-0.3, -0.25) is 9.69 Å². The Kier molecular flexibility index (Phi) is 7.71. The molecule has 0 atom stereocenters. The zero-order valence-corrected chi connectivity index (χ0v) is 18.9. The van der Waals surface area contributed by atoms with Gasteiger partial charge < -0.3 is 10.2 Å². The molecule has 1 heterocycles. The van der Waals surface area contributed by atoms with Gasteiger partial charge in [0.05, 0.1) is 11.6 Å². The van der Waals surface area contributed by atoms with Gasteiger partial charge in [-0.1, -0.05) is 6.07 Å². The Hall–Kier alpha value is -2.27. The quantitative estimate of drug-likeness (QED) is 0.696. The van der Waals surface area contributed by atoms with E-state index in [0.717, 1.165) is 70.9 Å². The van der Waals surface area contributed by atoms with Crippen molar-refractivity contribution in [2.75, 3.05) is 37.6 Å². The van der Waals surface area contributed by atoms with Crippen molar-refractivity contribution in [1.82, 2.24) is 10.2 Å². The summed E-state index contributed by atoms with van der Waals surface area (Å²) in [6.07, 6.45) is 0.826. The van der Waals surface area contributed by atoms with Gasteiger partial charge in [0, 0.05) is 37.9 Å². The van der Waals surface area contributed by atoms with E-state index in [4.69, 9.17) is 5.26 Å². The number of benzene rings is 1. The fourth-order valence-corrected chi connectivity index (χ4v) is 4.49. The molecule has 1 aromatic carbocycles. The van der Waals surface area contributed by atoms with Gasteiger partial charge in [-0.25, -0.2) is 0 Å². The number of piperazine rings is 1. The van der Waals surface area contributed by atoms with Crippen LogP contribution in [0.15, 0.2) is 24.3 Å². The summed E-state index contributed by atoms with van der Waals surface area (Å²) in [6, 6.07) is 7.79. The highest BCUT2D eigenvalue weighted by Gasteiger charge is 2.32. The van der Waals surface area contributed by atoms with Gasteiger partial charge in [0.15, 0.2) is 0 Å². The maximum Gasteiger partial charge on any atom is 0.416 e. The molecule has 1 N–H and O–H groups in total. The van der Waals surface area contributed by atoms with Crippen LogP contribution in [0.4, 0.5) is 18.9 Å². The molecule has 1 amide bonds. The monoisotopic (exact) mass is 450 g/mol. The standard InChI is InChI=1S/C24H33F3N4O/c1-23(2,17-28)22(32)29-20-8-6-18(7-9-20)10-11-30-12-14-31(15-13-30)21-5-3-4-19(16-21)24(25,26)27/h3-5,16,18,20H,6-15H2,1-2H3,(H,29,32)/t18-,20-. The minimum absolute atomic E-state index is 0.155. The highest BCUT2D eigenvalue weighted by molar-refractivity contribution is 5.84. The number of hydrogen-bond donors (Lipinski definition) is 1. The lowest BCUT2D eigenvalue weighted by Gasteiger charge is -2.37. The van der Waals surface area contributed by atoms with Gasteiger partial charge in [0.1, 0.15) is 5.41 Å². The first-order valence-corrected chi connectivity index (χ1v) is 11.5. The lowest BCUT2D eigenvalue weighted by Crippen LogP contribution is -2.47. The van der Waals surface area contributed by atoms with Crippen LogP contribution in [0.25, 0.3) is 0 Å². The van der Waals surface area contributed by atoms with Crippen LogP contribution in [0.5, 0.6) is 0 Å².